The van der Waals surface area contributed by atoms with Crippen LogP contribution in [-0.4, -0.2) is 9.97 Å². The van der Waals surface area contributed by atoms with E-state index in [9.17, 15) is 0 Å². The molecule has 0 saturated heterocycles. The van der Waals surface area contributed by atoms with Crippen LogP contribution in [0, 0.1) is 6.92 Å². The van der Waals surface area contributed by atoms with Gasteiger partial charge in [-0.15, -0.1) is 11.3 Å². The summed E-state index contributed by atoms with van der Waals surface area (Å²) in [6.07, 6.45) is 1.64. The van der Waals surface area contributed by atoms with Gasteiger partial charge in [-0.3, -0.25) is 0 Å². The number of nitrogens with one attached hydrogen (secondary N) is 1. The van der Waals surface area contributed by atoms with Crippen LogP contribution in [0.2, 0.25) is 0 Å². The molecule has 5 rings (SSSR count). The molecule has 2 heterocycles. The Morgan fingerprint density at radius 2 is 1.47 bits per heavy atom. The van der Waals surface area contributed by atoms with Crippen molar-refractivity contribution in [2.45, 2.75) is 13.5 Å². The molecule has 5 aromatic rings. The van der Waals surface area contributed by atoms with E-state index in [1.165, 1.54) is 33.4 Å². The number of fused-ring (bicyclic) bond motifs is 1. The van der Waals surface area contributed by atoms with Gasteiger partial charge in [-0.25, -0.2) is 9.97 Å². The van der Waals surface area contributed by atoms with Crippen LogP contribution in [-0.2, 0) is 6.54 Å². The van der Waals surface area contributed by atoms with E-state index in [0.29, 0.717) is 0 Å². The molecular formula is C26H21N3S. The molecule has 0 saturated carbocycles. The summed E-state index contributed by atoms with van der Waals surface area (Å²) >= 11 is 1.66. The Morgan fingerprint density at radius 3 is 2.23 bits per heavy atom. The van der Waals surface area contributed by atoms with Crippen LogP contribution in [0.5, 0.6) is 0 Å². The smallest absolute Gasteiger partial charge is 0.139 e. The molecule has 0 aliphatic heterocycles. The molecule has 4 heteroatoms. The summed E-state index contributed by atoms with van der Waals surface area (Å²) in [6, 6.07) is 27.7. The summed E-state index contributed by atoms with van der Waals surface area (Å²) in [5.74, 6) is 0.879. The van der Waals surface area contributed by atoms with Crippen molar-refractivity contribution < 1.29 is 0 Å². The van der Waals surface area contributed by atoms with E-state index < -0.39 is 0 Å². The molecule has 0 bridgehead atoms. The molecule has 2 aromatic heterocycles. The number of aromatic nitrogens is 2. The topological polar surface area (TPSA) is 37.8 Å². The van der Waals surface area contributed by atoms with E-state index in [1.54, 1.807) is 17.7 Å². The van der Waals surface area contributed by atoms with Gasteiger partial charge in [0.25, 0.3) is 0 Å². The van der Waals surface area contributed by atoms with Crippen LogP contribution in [0.25, 0.3) is 32.5 Å². The first-order valence-corrected chi connectivity index (χ1v) is 10.8. The predicted molar refractivity (Wildman–Crippen MR) is 127 cm³/mol. The first kappa shape index (κ1) is 18.5. The van der Waals surface area contributed by atoms with Crippen LogP contribution in [0.15, 0.2) is 90.6 Å². The van der Waals surface area contributed by atoms with Crippen LogP contribution >= 0.6 is 11.3 Å². The third-order valence-electron chi connectivity index (χ3n) is 5.25. The number of benzene rings is 3. The Balaban J connectivity index is 1.47. The zero-order valence-corrected chi connectivity index (χ0v) is 17.5. The highest BCUT2D eigenvalue weighted by atomic mass is 32.1. The summed E-state index contributed by atoms with van der Waals surface area (Å²) in [5.41, 5.74) is 7.28. The molecule has 0 unspecified atom stereocenters. The van der Waals surface area contributed by atoms with Crippen molar-refractivity contribution in [3.05, 3.63) is 102 Å². The number of nitrogens with zero attached hydrogens (tertiary/aromatic N) is 2. The molecule has 3 nitrogen and oxygen atoms in total. The number of thiophene rings is 1. The maximum absolute atomic E-state index is 4.55. The summed E-state index contributed by atoms with van der Waals surface area (Å²) in [5, 5.41) is 6.77. The van der Waals surface area contributed by atoms with Crippen molar-refractivity contribution in [1.82, 2.24) is 9.97 Å². The molecule has 0 atom stereocenters. The van der Waals surface area contributed by atoms with Crippen molar-refractivity contribution in [2.75, 3.05) is 5.32 Å². The molecule has 0 fully saturated rings. The minimum Gasteiger partial charge on any atom is -0.365 e. The predicted octanol–water partition coefficient (Wildman–Crippen LogP) is 6.95. The van der Waals surface area contributed by atoms with Gasteiger partial charge >= 0.3 is 0 Å². The lowest BCUT2D eigenvalue weighted by Gasteiger charge is -2.09. The van der Waals surface area contributed by atoms with Gasteiger partial charge in [0, 0.05) is 17.5 Å². The highest BCUT2D eigenvalue weighted by Crippen LogP contribution is 2.37. The van der Waals surface area contributed by atoms with Crippen molar-refractivity contribution in [3.8, 4) is 22.3 Å². The third-order valence-corrected chi connectivity index (χ3v) is 6.14. The fraction of sp³-hybridized carbons (Fsp3) is 0.0769. The minimum atomic E-state index is 0.731. The summed E-state index contributed by atoms with van der Waals surface area (Å²) < 4.78 is 0. The zero-order valence-electron chi connectivity index (χ0n) is 16.7. The lowest BCUT2D eigenvalue weighted by molar-refractivity contribution is 1.10. The second-order valence-corrected chi connectivity index (χ2v) is 8.19. The Morgan fingerprint density at radius 1 is 0.767 bits per heavy atom. The van der Waals surface area contributed by atoms with E-state index in [1.807, 2.05) is 6.07 Å². The van der Waals surface area contributed by atoms with Crippen LogP contribution in [0.3, 0.4) is 0 Å². The fourth-order valence-corrected chi connectivity index (χ4v) is 4.50. The number of hydrogen-bond donors (Lipinski definition) is 1. The van der Waals surface area contributed by atoms with Crippen molar-refractivity contribution >= 4 is 27.4 Å². The number of hydrogen-bond acceptors (Lipinski definition) is 4. The van der Waals surface area contributed by atoms with Crippen molar-refractivity contribution in [3.63, 3.8) is 0 Å². The summed E-state index contributed by atoms with van der Waals surface area (Å²) in [7, 11) is 0. The normalized spacial score (nSPS) is 11.0. The van der Waals surface area contributed by atoms with Crippen LogP contribution in [0.1, 0.15) is 11.1 Å². The summed E-state index contributed by atoms with van der Waals surface area (Å²) in [6.45, 7) is 2.83. The van der Waals surface area contributed by atoms with Gasteiger partial charge in [0.05, 0.1) is 5.39 Å². The maximum Gasteiger partial charge on any atom is 0.139 e. The second kappa shape index (κ2) is 8.09. The molecule has 30 heavy (non-hydrogen) atoms. The molecular weight excluding hydrogens is 386 g/mol. The van der Waals surface area contributed by atoms with E-state index in [4.69, 9.17) is 0 Å². The fourth-order valence-electron chi connectivity index (χ4n) is 3.59. The highest BCUT2D eigenvalue weighted by Gasteiger charge is 2.13. The molecule has 0 spiro atoms. The Kier molecular flexibility index (Phi) is 4.99. The van der Waals surface area contributed by atoms with Crippen LogP contribution < -0.4 is 5.32 Å². The highest BCUT2D eigenvalue weighted by molar-refractivity contribution is 7.17. The standard InChI is InChI=1S/C26H21N3S/c1-18-7-9-19(10-8-18)15-27-25-24-23(16-30-26(24)29-17-28-25)22-13-11-21(12-14-22)20-5-3-2-4-6-20/h2-14,16-17H,15H2,1H3,(H,27,28,29). The Labute approximate surface area is 180 Å². The van der Waals surface area contributed by atoms with Gasteiger partial charge in [-0.05, 0) is 29.2 Å². The third kappa shape index (κ3) is 3.70. The first-order chi connectivity index (χ1) is 14.8. The maximum atomic E-state index is 4.55. The average Bonchev–Trinajstić information content (AvgIpc) is 3.24. The molecule has 146 valence electrons. The van der Waals surface area contributed by atoms with Gasteiger partial charge in [0.2, 0.25) is 0 Å². The summed E-state index contributed by atoms with van der Waals surface area (Å²) in [4.78, 5) is 10.0. The second-order valence-electron chi connectivity index (χ2n) is 7.33. The molecule has 0 amide bonds. The average molecular weight is 408 g/mol. The molecule has 0 aliphatic carbocycles. The van der Waals surface area contributed by atoms with E-state index in [2.05, 4.69) is 100 Å². The molecule has 1 N–H and O–H groups in total. The van der Waals surface area contributed by atoms with Crippen LogP contribution in [0.4, 0.5) is 5.82 Å². The SMILES string of the molecule is Cc1ccc(CNc2ncnc3scc(-c4ccc(-c5ccccc5)cc4)c23)cc1. The first-order valence-electron chi connectivity index (χ1n) is 9.95. The number of anilines is 1. The minimum absolute atomic E-state index is 0.731. The van der Waals surface area contributed by atoms with Gasteiger partial charge in [-0.2, -0.15) is 0 Å². The van der Waals surface area contributed by atoms with E-state index >= 15 is 0 Å². The van der Waals surface area contributed by atoms with Gasteiger partial charge in [-0.1, -0.05) is 84.4 Å². The monoisotopic (exact) mass is 407 g/mol. The number of aryl methyl sites for hydroxylation is 1. The Hall–Kier alpha value is -3.50. The lowest BCUT2D eigenvalue weighted by atomic mass is 10.0. The zero-order chi connectivity index (χ0) is 20.3. The number of rotatable bonds is 5. The molecule has 3 aromatic carbocycles. The largest absolute Gasteiger partial charge is 0.365 e. The van der Waals surface area contributed by atoms with Crippen molar-refractivity contribution in [2.24, 2.45) is 0 Å². The van der Waals surface area contributed by atoms with Crippen molar-refractivity contribution in [1.29, 1.82) is 0 Å². The Bertz CT molecular complexity index is 1270. The molecule has 0 aliphatic rings. The lowest BCUT2D eigenvalue weighted by Crippen LogP contribution is -2.02. The van der Waals surface area contributed by atoms with E-state index in [-0.39, 0.29) is 0 Å². The van der Waals surface area contributed by atoms with E-state index in [0.717, 1.165) is 22.6 Å². The molecule has 0 radical (unpaired) electrons. The van der Waals surface area contributed by atoms with Gasteiger partial charge in [0.1, 0.15) is 17.0 Å². The van der Waals surface area contributed by atoms with Gasteiger partial charge in [0.15, 0.2) is 0 Å². The quantitative estimate of drug-likeness (QED) is 0.343. The van der Waals surface area contributed by atoms with Gasteiger partial charge < -0.3 is 5.32 Å².